The van der Waals surface area contributed by atoms with Crippen LogP contribution in [0.4, 0.5) is 0 Å². The second kappa shape index (κ2) is 5.69. The van der Waals surface area contributed by atoms with Crippen molar-refractivity contribution in [3.05, 3.63) is 35.4 Å². The number of nitrogens with zero attached hydrogens (tertiary/aromatic N) is 1. The molecule has 3 aliphatic rings. The zero-order valence-corrected chi connectivity index (χ0v) is 13.3. The van der Waals surface area contributed by atoms with E-state index in [4.69, 9.17) is 0 Å². The van der Waals surface area contributed by atoms with Crippen LogP contribution in [0.25, 0.3) is 0 Å². The van der Waals surface area contributed by atoms with Gasteiger partial charge in [-0.25, -0.2) is 0 Å². The Hall–Kier alpha value is -1.35. The first-order valence-electron chi connectivity index (χ1n) is 8.86. The first-order valence-corrected chi connectivity index (χ1v) is 8.86. The summed E-state index contributed by atoms with van der Waals surface area (Å²) in [5.74, 6) is 0.673. The minimum absolute atomic E-state index is 0.245. The van der Waals surface area contributed by atoms with Crippen LogP contribution in [0.2, 0.25) is 0 Å². The van der Waals surface area contributed by atoms with Gasteiger partial charge in [0, 0.05) is 18.5 Å². The summed E-state index contributed by atoms with van der Waals surface area (Å²) in [7, 11) is 0. The second-order valence-electron chi connectivity index (χ2n) is 7.33. The fraction of sp³-hybridized carbons (Fsp3) is 0.632. The number of carbonyl (C=O) groups excluding carboxylic acids is 1. The van der Waals surface area contributed by atoms with Gasteiger partial charge in [0.15, 0.2) is 0 Å². The summed E-state index contributed by atoms with van der Waals surface area (Å²) in [4.78, 5) is 15.0. The molecule has 3 nitrogen and oxygen atoms in total. The van der Waals surface area contributed by atoms with Crippen molar-refractivity contribution < 1.29 is 4.79 Å². The normalized spacial score (nSPS) is 25.9. The lowest BCUT2D eigenvalue weighted by molar-refractivity contribution is -0.122. The highest BCUT2D eigenvalue weighted by molar-refractivity contribution is 5.77. The summed E-state index contributed by atoms with van der Waals surface area (Å²) in [6.45, 7) is 3.32. The molecule has 2 heterocycles. The number of hydrogen-bond donors (Lipinski definition) is 1. The monoisotopic (exact) mass is 298 g/mol. The van der Waals surface area contributed by atoms with Crippen LogP contribution in [0.15, 0.2) is 24.3 Å². The van der Waals surface area contributed by atoms with Crippen molar-refractivity contribution in [3.8, 4) is 0 Å². The summed E-state index contributed by atoms with van der Waals surface area (Å²) >= 11 is 0. The third-order valence-corrected chi connectivity index (χ3v) is 6.11. The van der Waals surface area contributed by atoms with Gasteiger partial charge >= 0.3 is 0 Å². The minimum atomic E-state index is 0.245. The highest BCUT2D eigenvalue weighted by Gasteiger charge is 2.44. The Balaban J connectivity index is 1.34. The van der Waals surface area contributed by atoms with E-state index in [1.54, 1.807) is 0 Å². The summed E-state index contributed by atoms with van der Waals surface area (Å²) in [6.07, 6.45) is 8.04. The van der Waals surface area contributed by atoms with E-state index >= 15 is 0 Å². The second-order valence-corrected chi connectivity index (χ2v) is 7.33. The van der Waals surface area contributed by atoms with Gasteiger partial charge in [-0.3, -0.25) is 9.69 Å². The van der Waals surface area contributed by atoms with Gasteiger partial charge in [-0.2, -0.15) is 0 Å². The van der Waals surface area contributed by atoms with Gasteiger partial charge < -0.3 is 5.32 Å². The van der Waals surface area contributed by atoms with Crippen LogP contribution in [-0.4, -0.2) is 36.0 Å². The Bertz CT molecular complexity index is 558. The number of carbonyl (C=O) groups is 1. The maximum atomic E-state index is 12.4. The molecule has 1 amide bonds. The van der Waals surface area contributed by atoms with Crippen molar-refractivity contribution in [2.24, 2.45) is 0 Å². The van der Waals surface area contributed by atoms with E-state index in [-0.39, 0.29) is 5.91 Å². The Labute approximate surface area is 133 Å². The Morgan fingerprint density at radius 3 is 2.82 bits per heavy atom. The molecule has 1 N–H and O–H groups in total. The quantitative estimate of drug-likeness (QED) is 0.927. The van der Waals surface area contributed by atoms with Crippen molar-refractivity contribution in [1.82, 2.24) is 10.2 Å². The Morgan fingerprint density at radius 2 is 2.00 bits per heavy atom. The Morgan fingerprint density at radius 1 is 1.23 bits per heavy atom. The molecule has 0 saturated carbocycles. The van der Waals surface area contributed by atoms with E-state index in [0.29, 0.717) is 17.9 Å². The summed E-state index contributed by atoms with van der Waals surface area (Å²) in [5.41, 5.74) is 3.14. The lowest BCUT2D eigenvalue weighted by atomic mass is 9.93. The fourth-order valence-electron chi connectivity index (χ4n) is 4.93. The van der Waals surface area contributed by atoms with Crippen molar-refractivity contribution in [1.29, 1.82) is 0 Å². The van der Waals surface area contributed by atoms with Gasteiger partial charge in [-0.15, -0.1) is 0 Å². The zero-order valence-electron chi connectivity index (χ0n) is 13.3. The molecule has 0 radical (unpaired) electrons. The zero-order chi connectivity index (χ0) is 15.0. The molecule has 22 heavy (non-hydrogen) atoms. The molecule has 1 aliphatic carbocycles. The molecule has 3 heteroatoms. The number of amides is 1. The molecule has 2 aliphatic heterocycles. The van der Waals surface area contributed by atoms with Crippen LogP contribution in [0.5, 0.6) is 0 Å². The molecule has 4 rings (SSSR count). The smallest absolute Gasteiger partial charge is 0.220 e. The fourth-order valence-corrected chi connectivity index (χ4v) is 4.93. The van der Waals surface area contributed by atoms with E-state index in [0.717, 1.165) is 19.4 Å². The summed E-state index contributed by atoms with van der Waals surface area (Å²) in [6, 6.07) is 8.62. The SMILES string of the molecule is O=C(CC1CCc2ccccc21)NCC12CCCN1CCC2. The number of hydrogen-bond acceptors (Lipinski definition) is 2. The van der Waals surface area contributed by atoms with Crippen molar-refractivity contribution in [2.75, 3.05) is 19.6 Å². The molecule has 0 spiro atoms. The first kappa shape index (κ1) is 14.3. The molecule has 1 unspecified atom stereocenters. The maximum Gasteiger partial charge on any atom is 0.220 e. The molecular formula is C19H26N2O. The number of fused-ring (bicyclic) bond motifs is 2. The molecule has 1 aromatic carbocycles. The molecule has 118 valence electrons. The maximum absolute atomic E-state index is 12.4. The van der Waals surface area contributed by atoms with E-state index in [2.05, 4.69) is 34.5 Å². The summed E-state index contributed by atoms with van der Waals surface area (Å²) in [5, 5.41) is 3.26. The van der Waals surface area contributed by atoms with Crippen LogP contribution in [0.3, 0.4) is 0 Å². The largest absolute Gasteiger partial charge is 0.354 e. The topological polar surface area (TPSA) is 32.3 Å². The standard InChI is InChI=1S/C19H26N2O/c22-18(13-16-8-7-15-5-1-2-6-17(15)16)20-14-19-9-3-11-21(19)12-4-10-19/h1-2,5-6,16H,3-4,7-14H2,(H,20,22). The molecule has 0 aromatic heterocycles. The van der Waals surface area contributed by atoms with Gasteiger partial charge in [-0.05, 0) is 68.7 Å². The molecule has 0 bridgehead atoms. The average Bonchev–Trinajstić information content (AvgIpc) is 3.19. The average molecular weight is 298 g/mol. The highest BCUT2D eigenvalue weighted by atomic mass is 16.1. The van der Waals surface area contributed by atoms with Gasteiger partial charge in [-0.1, -0.05) is 24.3 Å². The van der Waals surface area contributed by atoms with Crippen LogP contribution in [0.1, 0.15) is 55.6 Å². The number of benzene rings is 1. The van der Waals surface area contributed by atoms with Crippen molar-refractivity contribution >= 4 is 5.91 Å². The highest BCUT2D eigenvalue weighted by Crippen LogP contribution is 2.38. The molecule has 2 saturated heterocycles. The van der Waals surface area contributed by atoms with Gasteiger partial charge in [0.05, 0.1) is 0 Å². The first-order chi connectivity index (χ1) is 10.8. The Kier molecular flexibility index (Phi) is 3.69. The van der Waals surface area contributed by atoms with E-state index in [1.165, 1.54) is 49.9 Å². The lowest BCUT2D eigenvalue weighted by Crippen LogP contribution is -2.48. The molecular weight excluding hydrogens is 272 g/mol. The molecule has 2 fully saturated rings. The van der Waals surface area contributed by atoms with E-state index in [1.807, 2.05) is 0 Å². The van der Waals surface area contributed by atoms with Crippen molar-refractivity contribution in [3.63, 3.8) is 0 Å². The van der Waals surface area contributed by atoms with Crippen LogP contribution >= 0.6 is 0 Å². The molecule has 1 atom stereocenters. The minimum Gasteiger partial charge on any atom is -0.354 e. The third-order valence-electron chi connectivity index (χ3n) is 6.11. The number of rotatable bonds is 4. The molecule has 1 aromatic rings. The third kappa shape index (κ3) is 2.45. The van der Waals surface area contributed by atoms with Crippen LogP contribution in [0, 0.1) is 0 Å². The number of aryl methyl sites for hydroxylation is 1. The van der Waals surface area contributed by atoms with Gasteiger partial charge in [0.1, 0.15) is 0 Å². The van der Waals surface area contributed by atoms with Gasteiger partial charge in [0.25, 0.3) is 0 Å². The van der Waals surface area contributed by atoms with Crippen molar-refractivity contribution in [2.45, 2.75) is 56.4 Å². The predicted octanol–water partition coefficient (Wildman–Crippen LogP) is 2.85. The summed E-state index contributed by atoms with van der Waals surface area (Å²) < 4.78 is 0. The lowest BCUT2D eigenvalue weighted by Gasteiger charge is -2.32. The van der Waals surface area contributed by atoms with E-state index in [9.17, 15) is 4.79 Å². The van der Waals surface area contributed by atoms with Crippen LogP contribution < -0.4 is 5.32 Å². The predicted molar refractivity (Wildman–Crippen MR) is 87.9 cm³/mol. The van der Waals surface area contributed by atoms with E-state index < -0.39 is 0 Å². The number of nitrogens with one attached hydrogen (secondary N) is 1. The van der Waals surface area contributed by atoms with Gasteiger partial charge in [0.2, 0.25) is 5.91 Å². The van der Waals surface area contributed by atoms with Crippen LogP contribution in [-0.2, 0) is 11.2 Å².